The lowest BCUT2D eigenvalue weighted by atomic mass is 10.1. The summed E-state index contributed by atoms with van der Waals surface area (Å²) in [7, 11) is 0. The van der Waals surface area contributed by atoms with Gasteiger partial charge in [-0.05, 0) is 18.9 Å². The Kier molecular flexibility index (Phi) is 5.59. The van der Waals surface area contributed by atoms with Crippen LogP contribution in [-0.2, 0) is 11.3 Å². The Morgan fingerprint density at radius 3 is 2.87 bits per heavy atom. The molecule has 1 aliphatic heterocycles. The summed E-state index contributed by atoms with van der Waals surface area (Å²) >= 11 is 1.60. The molecule has 5 nitrogen and oxygen atoms in total. The molecule has 0 spiro atoms. The van der Waals surface area contributed by atoms with Crippen molar-refractivity contribution in [2.45, 2.75) is 39.0 Å². The van der Waals surface area contributed by atoms with Gasteiger partial charge in [0.2, 0.25) is 5.13 Å². The fraction of sp³-hybridized carbons (Fsp3) is 0.529. The molecule has 1 aromatic carbocycles. The van der Waals surface area contributed by atoms with Crippen LogP contribution in [0.5, 0.6) is 0 Å². The molecule has 1 N–H and O–H groups in total. The van der Waals surface area contributed by atoms with Crippen LogP contribution in [0.4, 0.5) is 5.13 Å². The molecule has 3 rings (SSSR count). The molecule has 2 atom stereocenters. The first-order chi connectivity index (χ1) is 11.2. The molecule has 1 aromatic heterocycles. The van der Waals surface area contributed by atoms with Gasteiger partial charge in [-0.3, -0.25) is 4.90 Å². The van der Waals surface area contributed by atoms with E-state index in [4.69, 9.17) is 4.74 Å². The molecule has 23 heavy (non-hydrogen) atoms. The zero-order valence-electron chi connectivity index (χ0n) is 13.7. The number of rotatable bonds is 6. The average Bonchev–Trinajstić information content (AvgIpc) is 2.99. The van der Waals surface area contributed by atoms with E-state index in [1.807, 2.05) is 6.92 Å². The minimum Gasteiger partial charge on any atom is -0.373 e. The zero-order valence-corrected chi connectivity index (χ0v) is 14.6. The Morgan fingerprint density at radius 2 is 2.17 bits per heavy atom. The maximum atomic E-state index is 6.03. The molecular formula is C17H24N4OS. The van der Waals surface area contributed by atoms with Crippen molar-refractivity contribution in [1.29, 1.82) is 0 Å². The predicted octanol–water partition coefficient (Wildman–Crippen LogP) is 2.94. The maximum absolute atomic E-state index is 6.03. The topological polar surface area (TPSA) is 50.3 Å². The Morgan fingerprint density at radius 1 is 1.35 bits per heavy atom. The molecule has 0 radical (unpaired) electrons. The van der Waals surface area contributed by atoms with Crippen LogP contribution in [0.2, 0.25) is 0 Å². The van der Waals surface area contributed by atoms with E-state index in [2.05, 4.69) is 57.7 Å². The fourth-order valence-electron chi connectivity index (χ4n) is 2.93. The molecule has 0 bridgehead atoms. The first kappa shape index (κ1) is 16.4. The molecule has 0 aliphatic carbocycles. The SMILES string of the molecule is CCC(Nc1nnc(C)s1)C1CN(Cc2ccccc2)CCO1. The summed E-state index contributed by atoms with van der Waals surface area (Å²) < 4.78 is 6.03. The molecule has 0 amide bonds. The average molecular weight is 332 g/mol. The van der Waals surface area contributed by atoms with Gasteiger partial charge in [0.05, 0.1) is 18.8 Å². The van der Waals surface area contributed by atoms with Crippen LogP contribution in [0.15, 0.2) is 30.3 Å². The lowest BCUT2D eigenvalue weighted by Gasteiger charge is -2.37. The number of hydrogen-bond acceptors (Lipinski definition) is 6. The number of aryl methyl sites for hydroxylation is 1. The van der Waals surface area contributed by atoms with Gasteiger partial charge in [0.25, 0.3) is 0 Å². The Bertz CT molecular complexity index is 604. The van der Waals surface area contributed by atoms with Crippen molar-refractivity contribution in [3.63, 3.8) is 0 Å². The van der Waals surface area contributed by atoms with Gasteiger partial charge < -0.3 is 10.1 Å². The van der Waals surface area contributed by atoms with E-state index in [9.17, 15) is 0 Å². The number of aromatic nitrogens is 2. The number of anilines is 1. The van der Waals surface area contributed by atoms with Crippen molar-refractivity contribution in [1.82, 2.24) is 15.1 Å². The van der Waals surface area contributed by atoms with Gasteiger partial charge in [-0.25, -0.2) is 0 Å². The summed E-state index contributed by atoms with van der Waals surface area (Å²) in [5, 5.41) is 13.6. The molecule has 1 aliphatic rings. The second kappa shape index (κ2) is 7.86. The highest BCUT2D eigenvalue weighted by molar-refractivity contribution is 7.15. The smallest absolute Gasteiger partial charge is 0.205 e. The molecule has 2 unspecified atom stereocenters. The number of ether oxygens (including phenoxy) is 1. The molecule has 0 saturated carbocycles. The van der Waals surface area contributed by atoms with Crippen molar-refractivity contribution in [3.8, 4) is 0 Å². The molecular weight excluding hydrogens is 308 g/mol. The maximum Gasteiger partial charge on any atom is 0.205 e. The van der Waals surface area contributed by atoms with Gasteiger partial charge in [0.15, 0.2) is 0 Å². The second-order valence-electron chi connectivity index (χ2n) is 5.92. The van der Waals surface area contributed by atoms with Crippen LogP contribution in [0.25, 0.3) is 0 Å². The number of nitrogens with zero attached hydrogens (tertiary/aromatic N) is 3. The Balaban J connectivity index is 1.59. The van der Waals surface area contributed by atoms with Crippen molar-refractivity contribution in [3.05, 3.63) is 40.9 Å². The van der Waals surface area contributed by atoms with Crippen molar-refractivity contribution in [2.75, 3.05) is 25.0 Å². The van der Waals surface area contributed by atoms with Gasteiger partial charge in [-0.15, -0.1) is 10.2 Å². The Labute approximate surface area is 141 Å². The third-order valence-electron chi connectivity index (χ3n) is 4.15. The lowest BCUT2D eigenvalue weighted by molar-refractivity contribution is -0.0402. The molecule has 1 saturated heterocycles. The van der Waals surface area contributed by atoms with E-state index in [1.165, 1.54) is 5.56 Å². The highest BCUT2D eigenvalue weighted by Gasteiger charge is 2.27. The zero-order chi connectivity index (χ0) is 16.1. The number of hydrogen-bond donors (Lipinski definition) is 1. The van der Waals surface area contributed by atoms with Crippen molar-refractivity contribution < 1.29 is 4.74 Å². The number of morpholine rings is 1. The summed E-state index contributed by atoms with van der Waals surface area (Å²) in [5.74, 6) is 0. The summed E-state index contributed by atoms with van der Waals surface area (Å²) in [4.78, 5) is 2.47. The lowest BCUT2D eigenvalue weighted by Crippen LogP contribution is -2.49. The summed E-state index contributed by atoms with van der Waals surface area (Å²) in [5.41, 5.74) is 1.36. The van der Waals surface area contributed by atoms with Crippen molar-refractivity contribution in [2.24, 2.45) is 0 Å². The third kappa shape index (κ3) is 4.50. The molecule has 6 heteroatoms. The summed E-state index contributed by atoms with van der Waals surface area (Å²) in [6, 6.07) is 10.9. The molecule has 1 fully saturated rings. The minimum atomic E-state index is 0.182. The van der Waals surface area contributed by atoms with Crippen LogP contribution in [0.1, 0.15) is 23.9 Å². The van der Waals surface area contributed by atoms with Gasteiger partial charge in [-0.1, -0.05) is 48.6 Å². The van der Waals surface area contributed by atoms with Gasteiger partial charge in [-0.2, -0.15) is 0 Å². The predicted molar refractivity (Wildman–Crippen MR) is 93.8 cm³/mol. The van der Waals surface area contributed by atoms with Crippen LogP contribution >= 0.6 is 11.3 Å². The third-order valence-corrected chi connectivity index (χ3v) is 4.92. The molecule has 2 aromatic rings. The minimum absolute atomic E-state index is 0.182. The van der Waals surface area contributed by atoms with E-state index in [-0.39, 0.29) is 12.1 Å². The number of nitrogens with one attached hydrogen (secondary N) is 1. The number of benzene rings is 1. The van der Waals surface area contributed by atoms with Gasteiger partial charge in [0, 0.05) is 19.6 Å². The van der Waals surface area contributed by atoms with Gasteiger partial charge >= 0.3 is 0 Å². The van der Waals surface area contributed by atoms with E-state index < -0.39 is 0 Å². The van der Waals surface area contributed by atoms with E-state index in [1.54, 1.807) is 11.3 Å². The quantitative estimate of drug-likeness (QED) is 0.881. The van der Waals surface area contributed by atoms with Gasteiger partial charge in [0.1, 0.15) is 5.01 Å². The highest BCUT2D eigenvalue weighted by atomic mass is 32.1. The van der Waals surface area contributed by atoms with E-state index in [0.717, 1.165) is 42.8 Å². The molecule has 2 heterocycles. The monoisotopic (exact) mass is 332 g/mol. The standard InChI is InChI=1S/C17H24N4OS/c1-3-15(18-17-20-19-13(2)23-17)16-12-21(9-10-22-16)11-14-7-5-4-6-8-14/h4-8,15-16H,3,9-12H2,1-2H3,(H,18,20). The second-order valence-corrected chi connectivity index (χ2v) is 7.10. The van der Waals surface area contributed by atoms with Crippen LogP contribution in [-0.4, -0.2) is 46.9 Å². The summed E-state index contributed by atoms with van der Waals surface area (Å²) in [6.45, 7) is 7.85. The Hall–Kier alpha value is -1.50. The summed E-state index contributed by atoms with van der Waals surface area (Å²) in [6.07, 6.45) is 1.18. The first-order valence-electron chi connectivity index (χ1n) is 8.19. The van der Waals surface area contributed by atoms with E-state index >= 15 is 0 Å². The van der Waals surface area contributed by atoms with Crippen LogP contribution in [0, 0.1) is 6.92 Å². The molecule has 124 valence electrons. The fourth-order valence-corrected chi connectivity index (χ4v) is 3.59. The van der Waals surface area contributed by atoms with Crippen LogP contribution in [0.3, 0.4) is 0 Å². The van der Waals surface area contributed by atoms with Crippen LogP contribution < -0.4 is 5.32 Å². The largest absolute Gasteiger partial charge is 0.373 e. The first-order valence-corrected chi connectivity index (χ1v) is 9.00. The van der Waals surface area contributed by atoms with E-state index in [0.29, 0.717) is 0 Å². The normalized spacial score (nSPS) is 20.3. The van der Waals surface area contributed by atoms with Crippen molar-refractivity contribution >= 4 is 16.5 Å². The highest BCUT2D eigenvalue weighted by Crippen LogP contribution is 2.20.